The summed E-state index contributed by atoms with van der Waals surface area (Å²) in [6, 6.07) is 9.78. The second kappa shape index (κ2) is 12.6. The molecule has 0 spiro atoms. The van der Waals surface area contributed by atoms with Crippen LogP contribution in [0.4, 0.5) is 0 Å². The molecule has 2 N–H and O–H groups in total. The Morgan fingerprint density at radius 3 is 2.32 bits per heavy atom. The van der Waals surface area contributed by atoms with Gasteiger partial charge in [-0.3, -0.25) is 9.59 Å². The van der Waals surface area contributed by atoms with Gasteiger partial charge in [0.05, 0.1) is 17.5 Å². The summed E-state index contributed by atoms with van der Waals surface area (Å²) in [7, 11) is 0. The molecule has 0 amide bonds. The Labute approximate surface area is 193 Å². The third-order valence-electron chi connectivity index (χ3n) is 5.53. The fourth-order valence-electron chi connectivity index (χ4n) is 3.86. The first-order valence-corrected chi connectivity index (χ1v) is 12.9. The first-order chi connectivity index (χ1) is 14.8. The van der Waals surface area contributed by atoms with E-state index in [0.717, 1.165) is 36.5 Å². The highest BCUT2D eigenvalue weighted by molar-refractivity contribution is 8.04. The second-order valence-corrected chi connectivity index (χ2v) is 10.7. The third-order valence-corrected chi connectivity index (χ3v) is 8.99. The molecule has 2 unspecified atom stereocenters. The molecule has 0 bridgehead atoms. The van der Waals surface area contributed by atoms with Gasteiger partial charge in [-0.2, -0.15) is 11.8 Å². The highest BCUT2D eigenvalue weighted by atomic mass is 32.2. The van der Waals surface area contributed by atoms with E-state index in [4.69, 9.17) is 9.47 Å². The van der Waals surface area contributed by atoms with Crippen molar-refractivity contribution < 1.29 is 29.3 Å². The van der Waals surface area contributed by atoms with Crippen LogP contribution in [0.1, 0.15) is 58.8 Å². The van der Waals surface area contributed by atoms with Crippen LogP contribution in [-0.4, -0.2) is 56.0 Å². The fourth-order valence-corrected chi connectivity index (χ4v) is 7.35. The standard InChI is InChI=1S/C23H34O6S2/c1-3-19-22(4-2,17-30-16-8-15-28-18-9-6-5-7-10-18)31-23(29-19,13-11-20(24)25)14-12-21(26)27/h5-7,9-10,19H,3-4,8,11-17H2,1-2H3,(H,24,25)(H,26,27). The number of ether oxygens (including phenoxy) is 2. The molecule has 174 valence electrons. The van der Waals surface area contributed by atoms with Crippen molar-refractivity contribution in [2.45, 2.75) is 74.6 Å². The van der Waals surface area contributed by atoms with Crippen molar-refractivity contribution >= 4 is 35.5 Å². The van der Waals surface area contributed by atoms with Gasteiger partial charge in [-0.25, -0.2) is 0 Å². The monoisotopic (exact) mass is 470 g/mol. The predicted molar refractivity (Wildman–Crippen MR) is 126 cm³/mol. The van der Waals surface area contributed by atoms with Crippen molar-refractivity contribution in [2.75, 3.05) is 18.1 Å². The van der Waals surface area contributed by atoms with Crippen LogP contribution < -0.4 is 4.74 Å². The number of rotatable bonds is 15. The van der Waals surface area contributed by atoms with Crippen molar-refractivity contribution in [3.63, 3.8) is 0 Å². The second-order valence-electron chi connectivity index (χ2n) is 7.80. The molecule has 1 aromatic rings. The summed E-state index contributed by atoms with van der Waals surface area (Å²) in [5, 5.41) is 18.4. The van der Waals surface area contributed by atoms with Crippen molar-refractivity contribution in [2.24, 2.45) is 0 Å². The Balaban J connectivity index is 1.94. The molecule has 1 aliphatic heterocycles. The summed E-state index contributed by atoms with van der Waals surface area (Å²) >= 11 is 3.55. The van der Waals surface area contributed by atoms with E-state index < -0.39 is 16.9 Å². The van der Waals surface area contributed by atoms with E-state index in [0.29, 0.717) is 19.4 Å². The maximum absolute atomic E-state index is 11.2. The highest BCUT2D eigenvalue weighted by Gasteiger charge is 2.54. The van der Waals surface area contributed by atoms with E-state index in [-0.39, 0.29) is 23.7 Å². The minimum absolute atomic E-state index is 0.0156. The van der Waals surface area contributed by atoms with Crippen molar-refractivity contribution in [3.05, 3.63) is 30.3 Å². The maximum atomic E-state index is 11.2. The zero-order chi connectivity index (χ0) is 22.7. The van der Waals surface area contributed by atoms with Gasteiger partial charge in [0.2, 0.25) is 0 Å². The molecule has 2 atom stereocenters. The van der Waals surface area contributed by atoms with E-state index in [1.165, 1.54) is 0 Å². The smallest absolute Gasteiger partial charge is 0.303 e. The van der Waals surface area contributed by atoms with Crippen LogP contribution >= 0.6 is 23.5 Å². The summed E-state index contributed by atoms with van der Waals surface area (Å²) in [6.07, 6.45) is 3.25. The van der Waals surface area contributed by atoms with Crippen LogP contribution in [0.25, 0.3) is 0 Å². The summed E-state index contributed by atoms with van der Waals surface area (Å²) in [5.74, 6) is 0.968. The van der Waals surface area contributed by atoms with Gasteiger partial charge in [-0.1, -0.05) is 32.0 Å². The quantitative estimate of drug-likeness (QED) is 0.333. The first kappa shape index (κ1) is 25.9. The molecular weight excluding hydrogens is 436 g/mol. The topological polar surface area (TPSA) is 93.1 Å². The van der Waals surface area contributed by atoms with Gasteiger partial charge in [0.25, 0.3) is 0 Å². The van der Waals surface area contributed by atoms with E-state index in [1.807, 2.05) is 42.1 Å². The molecule has 2 rings (SSSR count). The Kier molecular flexibility index (Phi) is 10.5. The number of benzene rings is 1. The molecule has 31 heavy (non-hydrogen) atoms. The Morgan fingerprint density at radius 2 is 1.77 bits per heavy atom. The van der Waals surface area contributed by atoms with E-state index in [2.05, 4.69) is 13.8 Å². The Hall–Kier alpha value is -1.38. The fraction of sp³-hybridized carbons (Fsp3) is 0.652. The third kappa shape index (κ3) is 7.91. The summed E-state index contributed by atoms with van der Waals surface area (Å²) < 4.78 is 12.1. The molecule has 0 saturated carbocycles. The molecule has 6 nitrogen and oxygen atoms in total. The molecule has 1 aliphatic rings. The number of carbonyl (C=O) groups is 2. The lowest BCUT2D eigenvalue weighted by atomic mass is 9.98. The minimum Gasteiger partial charge on any atom is -0.494 e. The van der Waals surface area contributed by atoms with Crippen LogP contribution in [0.3, 0.4) is 0 Å². The van der Waals surface area contributed by atoms with Crippen LogP contribution in [0, 0.1) is 0 Å². The molecule has 1 fully saturated rings. The predicted octanol–water partition coefficient (Wildman–Crippen LogP) is 5.31. The van der Waals surface area contributed by atoms with E-state index in [9.17, 15) is 19.8 Å². The molecule has 8 heteroatoms. The molecule has 1 aromatic carbocycles. The zero-order valence-electron chi connectivity index (χ0n) is 18.4. The molecule has 1 saturated heterocycles. The van der Waals surface area contributed by atoms with Gasteiger partial charge in [-0.05, 0) is 50.0 Å². The van der Waals surface area contributed by atoms with Crippen molar-refractivity contribution in [3.8, 4) is 5.75 Å². The molecule has 1 heterocycles. The highest BCUT2D eigenvalue weighted by Crippen LogP contribution is 2.57. The SMILES string of the molecule is CCC1OC(CCC(=O)O)(CCC(=O)O)SC1(CC)CSCCCOc1ccccc1. The number of hydrogen-bond acceptors (Lipinski definition) is 6. The number of para-hydroxylation sites is 1. The maximum Gasteiger partial charge on any atom is 0.303 e. The lowest BCUT2D eigenvalue weighted by Crippen LogP contribution is -2.37. The van der Waals surface area contributed by atoms with Gasteiger partial charge in [-0.15, -0.1) is 11.8 Å². The average Bonchev–Trinajstić information content (AvgIpc) is 3.09. The molecule has 0 radical (unpaired) electrons. The van der Waals surface area contributed by atoms with Crippen molar-refractivity contribution in [1.82, 2.24) is 0 Å². The van der Waals surface area contributed by atoms with Crippen molar-refractivity contribution in [1.29, 1.82) is 0 Å². The number of hydrogen-bond donors (Lipinski definition) is 2. The van der Waals surface area contributed by atoms with E-state index in [1.54, 1.807) is 11.8 Å². The number of carboxylic acids is 2. The first-order valence-electron chi connectivity index (χ1n) is 10.9. The largest absolute Gasteiger partial charge is 0.494 e. The Morgan fingerprint density at radius 1 is 1.13 bits per heavy atom. The van der Waals surface area contributed by atoms with Crippen LogP contribution in [-0.2, 0) is 14.3 Å². The average molecular weight is 471 g/mol. The molecular formula is C23H34O6S2. The number of aliphatic carboxylic acids is 2. The van der Waals surface area contributed by atoms with Gasteiger partial charge in [0.1, 0.15) is 10.7 Å². The summed E-state index contributed by atoms with van der Waals surface area (Å²) in [4.78, 5) is 21.6. The van der Waals surface area contributed by atoms with Crippen LogP contribution in [0.2, 0.25) is 0 Å². The normalized spacial score (nSPS) is 22.3. The van der Waals surface area contributed by atoms with Gasteiger partial charge in [0.15, 0.2) is 0 Å². The van der Waals surface area contributed by atoms with E-state index >= 15 is 0 Å². The lowest BCUT2D eigenvalue weighted by Gasteiger charge is -2.32. The summed E-state index contributed by atoms with van der Waals surface area (Å²) in [6.45, 7) is 4.89. The Bertz CT molecular complexity index is 681. The van der Waals surface area contributed by atoms with Crippen LogP contribution in [0.5, 0.6) is 5.75 Å². The zero-order valence-corrected chi connectivity index (χ0v) is 20.0. The van der Waals surface area contributed by atoms with Crippen LogP contribution in [0.15, 0.2) is 30.3 Å². The summed E-state index contributed by atoms with van der Waals surface area (Å²) in [5.41, 5.74) is 0. The number of thioether (sulfide) groups is 2. The van der Waals surface area contributed by atoms with Gasteiger partial charge >= 0.3 is 11.9 Å². The number of carboxylic acid groups (broad SMARTS) is 2. The van der Waals surface area contributed by atoms with Gasteiger partial charge in [0, 0.05) is 18.6 Å². The van der Waals surface area contributed by atoms with Gasteiger partial charge < -0.3 is 19.7 Å². The minimum atomic E-state index is -0.881. The lowest BCUT2D eigenvalue weighted by molar-refractivity contribution is -0.139. The molecule has 0 aliphatic carbocycles. The molecule has 0 aromatic heterocycles.